The van der Waals surface area contributed by atoms with Crippen LogP contribution in [0.25, 0.3) is 11.3 Å². The number of hydrazine groups is 2. The second kappa shape index (κ2) is 7.19. The molecule has 26 heavy (non-hydrogen) atoms. The van der Waals surface area contributed by atoms with Crippen molar-refractivity contribution in [3.8, 4) is 11.3 Å². The van der Waals surface area contributed by atoms with Gasteiger partial charge in [-0.3, -0.25) is 9.80 Å². The Morgan fingerprint density at radius 1 is 1.35 bits per heavy atom. The Morgan fingerprint density at radius 3 is 2.92 bits per heavy atom. The summed E-state index contributed by atoms with van der Waals surface area (Å²) in [6.45, 7) is 0.772. The molecule has 4 rings (SSSR count). The predicted octanol–water partition coefficient (Wildman–Crippen LogP) is 1.01. The predicted molar refractivity (Wildman–Crippen MR) is 94.1 cm³/mol. The second-order valence-corrected chi connectivity index (χ2v) is 6.61. The van der Waals surface area contributed by atoms with Gasteiger partial charge >= 0.3 is 0 Å². The van der Waals surface area contributed by atoms with Crippen LogP contribution in [0.15, 0.2) is 52.8 Å². The zero-order valence-electron chi connectivity index (χ0n) is 14.2. The minimum atomic E-state index is -0.236. The summed E-state index contributed by atoms with van der Waals surface area (Å²) in [6.07, 6.45) is 3.52. The number of rotatable bonds is 6. The van der Waals surface area contributed by atoms with Gasteiger partial charge in [-0.25, -0.2) is 0 Å². The lowest BCUT2D eigenvalue weighted by Crippen LogP contribution is -2.50. The van der Waals surface area contributed by atoms with Gasteiger partial charge in [0.05, 0.1) is 12.3 Å². The molecule has 136 valence electrons. The van der Waals surface area contributed by atoms with Crippen molar-refractivity contribution in [1.82, 2.24) is 26.4 Å². The van der Waals surface area contributed by atoms with E-state index in [2.05, 4.69) is 21.4 Å². The third-order valence-electron chi connectivity index (χ3n) is 4.76. The first-order valence-electron chi connectivity index (χ1n) is 8.64. The fourth-order valence-corrected chi connectivity index (χ4v) is 3.28. The van der Waals surface area contributed by atoms with Gasteiger partial charge in [0.1, 0.15) is 5.69 Å². The molecule has 1 aromatic carbocycles. The molecule has 8 nitrogen and oxygen atoms in total. The molecule has 0 unspecified atom stereocenters. The molecule has 0 bridgehead atoms. The molecule has 1 aromatic heterocycles. The van der Waals surface area contributed by atoms with Crippen LogP contribution in [0.3, 0.4) is 0 Å². The largest absolute Gasteiger partial charge is 0.390 e. The minimum Gasteiger partial charge on any atom is -0.390 e. The molecule has 0 saturated heterocycles. The van der Waals surface area contributed by atoms with Crippen molar-refractivity contribution in [2.75, 3.05) is 13.2 Å². The highest BCUT2D eigenvalue weighted by molar-refractivity contribution is 5.92. The number of nitrogens with zero attached hydrogens (tertiary/aromatic N) is 2. The number of aliphatic hydroxyl groups excluding tert-OH is 1. The van der Waals surface area contributed by atoms with Crippen molar-refractivity contribution in [3.05, 3.63) is 54.1 Å². The van der Waals surface area contributed by atoms with Gasteiger partial charge in [0, 0.05) is 30.4 Å². The van der Waals surface area contributed by atoms with E-state index in [1.54, 1.807) is 12.3 Å². The van der Waals surface area contributed by atoms with Gasteiger partial charge in [0.25, 0.3) is 5.91 Å². The van der Waals surface area contributed by atoms with Crippen molar-refractivity contribution < 1.29 is 14.4 Å². The van der Waals surface area contributed by atoms with Gasteiger partial charge in [-0.15, -0.1) is 5.53 Å². The monoisotopic (exact) mass is 355 g/mol. The lowest BCUT2D eigenvalue weighted by atomic mass is 9.80. The van der Waals surface area contributed by atoms with Gasteiger partial charge in [-0.05, 0) is 18.8 Å². The van der Waals surface area contributed by atoms with Crippen molar-refractivity contribution in [2.24, 2.45) is 5.92 Å². The number of carbonyl (C=O) groups is 1. The Hall–Kier alpha value is -2.84. The number of hydrogen-bond donors (Lipinski definition) is 4. The average molecular weight is 355 g/mol. The van der Waals surface area contributed by atoms with Gasteiger partial charge in [0.2, 0.25) is 5.76 Å². The highest BCUT2D eigenvalue weighted by Crippen LogP contribution is 2.29. The van der Waals surface area contributed by atoms with Crippen LogP contribution in [0, 0.1) is 5.92 Å². The molecule has 1 saturated carbocycles. The lowest BCUT2D eigenvalue weighted by Gasteiger charge is -2.38. The molecule has 8 heteroatoms. The number of hydrogen-bond acceptors (Lipinski definition) is 7. The molecule has 0 atom stereocenters. The van der Waals surface area contributed by atoms with Crippen LogP contribution in [-0.2, 0) is 0 Å². The molecule has 0 radical (unpaired) electrons. The van der Waals surface area contributed by atoms with Crippen LogP contribution >= 0.6 is 0 Å². The van der Waals surface area contributed by atoms with Gasteiger partial charge in [-0.2, -0.15) is 0 Å². The SMILES string of the molecule is O=C(NC1CC(CN2NNC=C2CO)C1)c1cc(-c2ccccc2)no1. The van der Waals surface area contributed by atoms with E-state index in [-0.39, 0.29) is 24.3 Å². The third kappa shape index (κ3) is 3.42. The number of amides is 1. The maximum absolute atomic E-state index is 12.3. The Labute approximate surface area is 150 Å². The number of aromatic nitrogens is 1. The minimum absolute atomic E-state index is 0.0118. The van der Waals surface area contributed by atoms with Crippen LogP contribution in [0.5, 0.6) is 0 Å². The summed E-state index contributed by atoms with van der Waals surface area (Å²) in [4.78, 5) is 12.3. The number of aliphatic hydroxyl groups is 1. The summed E-state index contributed by atoms with van der Waals surface area (Å²) in [7, 11) is 0. The molecule has 0 spiro atoms. The van der Waals surface area contributed by atoms with Gasteiger partial charge < -0.3 is 20.4 Å². The molecule has 1 fully saturated rings. The summed E-state index contributed by atoms with van der Waals surface area (Å²) >= 11 is 0. The van der Waals surface area contributed by atoms with Gasteiger partial charge in [0.15, 0.2) is 0 Å². The van der Waals surface area contributed by atoms with Crippen molar-refractivity contribution in [2.45, 2.75) is 18.9 Å². The summed E-state index contributed by atoms with van der Waals surface area (Å²) in [5.74, 6) is 0.445. The van der Waals surface area contributed by atoms with E-state index in [4.69, 9.17) is 4.52 Å². The van der Waals surface area contributed by atoms with E-state index >= 15 is 0 Å². The molecular formula is C18H21N5O3. The van der Waals surface area contributed by atoms with Gasteiger partial charge in [-0.1, -0.05) is 35.5 Å². The van der Waals surface area contributed by atoms with E-state index < -0.39 is 0 Å². The Kier molecular flexibility index (Phi) is 4.59. The number of carbonyl (C=O) groups excluding carboxylic acids is 1. The van der Waals surface area contributed by atoms with Crippen molar-refractivity contribution in [3.63, 3.8) is 0 Å². The number of nitrogens with one attached hydrogen (secondary N) is 3. The first kappa shape index (κ1) is 16.6. The highest BCUT2D eigenvalue weighted by atomic mass is 16.5. The van der Waals surface area contributed by atoms with Crippen LogP contribution in [0.1, 0.15) is 23.4 Å². The molecule has 4 N–H and O–H groups in total. The maximum Gasteiger partial charge on any atom is 0.290 e. The Balaban J connectivity index is 1.26. The fraction of sp³-hybridized carbons (Fsp3) is 0.333. The number of benzene rings is 1. The van der Waals surface area contributed by atoms with E-state index in [1.165, 1.54) is 0 Å². The van der Waals surface area contributed by atoms with E-state index in [1.807, 2.05) is 35.3 Å². The van der Waals surface area contributed by atoms with E-state index in [0.717, 1.165) is 30.6 Å². The maximum atomic E-state index is 12.3. The third-order valence-corrected chi connectivity index (χ3v) is 4.76. The smallest absolute Gasteiger partial charge is 0.290 e. The molecule has 1 aliphatic heterocycles. The van der Waals surface area contributed by atoms with E-state index in [0.29, 0.717) is 11.6 Å². The van der Waals surface area contributed by atoms with Crippen molar-refractivity contribution in [1.29, 1.82) is 0 Å². The van der Waals surface area contributed by atoms with E-state index in [9.17, 15) is 9.90 Å². The van der Waals surface area contributed by atoms with Crippen LogP contribution in [0.2, 0.25) is 0 Å². The Bertz CT molecular complexity index is 798. The topological polar surface area (TPSA) is 103 Å². The molecule has 1 amide bonds. The molecular weight excluding hydrogens is 334 g/mol. The summed E-state index contributed by atoms with van der Waals surface area (Å²) < 4.78 is 5.19. The average Bonchev–Trinajstić information content (AvgIpc) is 3.30. The first-order valence-corrected chi connectivity index (χ1v) is 8.64. The van der Waals surface area contributed by atoms with Crippen LogP contribution in [0.4, 0.5) is 0 Å². The first-order chi connectivity index (χ1) is 12.7. The molecule has 2 heterocycles. The summed E-state index contributed by atoms with van der Waals surface area (Å²) in [6, 6.07) is 11.4. The standard InChI is InChI=1S/C18H21N5O3/c24-11-15-9-19-22-23(15)10-12-6-14(7-12)20-18(25)17-8-16(21-26-17)13-4-2-1-3-5-13/h1-5,8-9,12,14,19,22,24H,6-7,10-11H2,(H,20,25). The van der Waals surface area contributed by atoms with Crippen LogP contribution in [-0.4, -0.2) is 40.4 Å². The quantitative estimate of drug-likeness (QED) is 0.613. The normalized spacial score (nSPS) is 21.7. The fourth-order valence-electron chi connectivity index (χ4n) is 3.28. The van der Waals surface area contributed by atoms with Crippen LogP contribution < -0.4 is 16.3 Å². The molecule has 2 aliphatic rings. The zero-order chi connectivity index (χ0) is 17.9. The highest BCUT2D eigenvalue weighted by Gasteiger charge is 2.33. The Morgan fingerprint density at radius 2 is 2.15 bits per heavy atom. The molecule has 2 aromatic rings. The zero-order valence-corrected chi connectivity index (χ0v) is 14.2. The summed E-state index contributed by atoms with van der Waals surface area (Å²) in [5, 5.41) is 18.1. The second-order valence-electron chi connectivity index (χ2n) is 6.61. The van der Waals surface area contributed by atoms with Crippen molar-refractivity contribution >= 4 is 5.91 Å². The summed E-state index contributed by atoms with van der Waals surface area (Å²) in [5.41, 5.74) is 8.23. The lowest BCUT2D eigenvalue weighted by molar-refractivity contribution is 0.0808. The molecule has 1 aliphatic carbocycles.